The molecule has 2 fully saturated rings. The molecule has 3 atom stereocenters. The molecule has 0 aromatic rings. The van der Waals surface area contributed by atoms with Gasteiger partial charge in [0, 0.05) is 17.8 Å². The molecule has 1 N–H and O–H groups in total. The molecule has 0 aromatic heterocycles. The molecule has 2 rings (SSSR count). The summed E-state index contributed by atoms with van der Waals surface area (Å²) in [5.41, 5.74) is 0. The van der Waals surface area contributed by atoms with Crippen LogP contribution in [0.2, 0.25) is 0 Å². The molecule has 3 heteroatoms. The van der Waals surface area contributed by atoms with Crippen LogP contribution in [0.4, 0.5) is 0 Å². The lowest BCUT2D eigenvalue weighted by Gasteiger charge is -2.21. The molecule has 70 valence electrons. The van der Waals surface area contributed by atoms with Crippen LogP contribution in [0, 0.1) is 5.92 Å². The first kappa shape index (κ1) is 8.85. The number of ether oxygens (including phenoxy) is 1. The Morgan fingerprint density at radius 1 is 1.42 bits per heavy atom. The van der Waals surface area contributed by atoms with Crippen molar-refractivity contribution in [2.75, 3.05) is 19.0 Å². The molecule has 12 heavy (non-hydrogen) atoms. The van der Waals surface area contributed by atoms with Gasteiger partial charge in [-0.25, -0.2) is 0 Å². The molecule has 2 nitrogen and oxygen atoms in total. The number of hydrogen-bond donors (Lipinski definition) is 1. The number of aliphatic hydroxyl groups excluding tert-OH is 1. The number of thioether (sulfide) groups is 1. The van der Waals surface area contributed by atoms with Gasteiger partial charge in [-0.05, 0) is 25.0 Å². The van der Waals surface area contributed by atoms with Crippen LogP contribution >= 0.6 is 11.8 Å². The van der Waals surface area contributed by atoms with E-state index in [0.717, 1.165) is 19.6 Å². The van der Waals surface area contributed by atoms with Crippen LogP contribution in [-0.2, 0) is 4.74 Å². The van der Waals surface area contributed by atoms with Gasteiger partial charge >= 0.3 is 0 Å². The lowest BCUT2D eigenvalue weighted by molar-refractivity contribution is 0.0890. The van der Waals surface area contributed by atoms with Crippen molar-refractivity contribution >= 4 is 11.8 Å². The first-order chi connectivity index (χ1) is 5.88. The minimum absolute atomic E-state index is 0.111. The minimum atomic E-state index is -0.111. The van der Waals surface area contributed by atoms with Crippen molar-refractivity contribution in [1.82, 2.24) is 0 Å². The maximum atomic E-state index is 9.95. The Labute approximate surface area is 77.7 Å². The quantitative estimate of drug-likeness (QED) is 0.708. The first-order valence-electron chi connectivity index (χ1n) is 4.75. The van der Waals surface area contributed by atoms with Crippen molar-refractivity contribution < 1.29 is 9.84 Å². The van der Waals surface area contributed by atoms with Crippen LogP contribution in [0.5, 0.6) is 0 Å². The van der Waals surface area contributed by atoms with Crippen LogP contribution in [0.1, 0.15) is 19.3 Å². The molecular formula is C9H16O2S. The Balaban J connectivity index is 1.84. The Bertz CT molecular complexity index is 123. The van der Waals surface area contributed by atoms with E-state index < -0.39 is 0 Å². The zero-order valence-electron chi connectivity index (χ0n) is 7.24. The fraction of sp³-hybridized carbons (Fsp3) is 1.00. The van der Waals surface area contributed by atoms with Crippen LogP contribution in [0.25, 0.3) is 0 Å². The maximum absolute atomic E-state index is 9.95. The van der Waals surface area contributed by atoms with Crippen LogP contribution in [0.15, 0.2) is 0 Å². The standard InChI is InChI=1S/C9H16O2S/c10-9(7-3-4-11-6-7)8-2-1-5-12-8/h7-10H,1-6H2. The minimum Gasteiger partial charge on any atom is -0.392 e. The lowest BCUT2D eigenvalue weighted by atomic mass is 9.97. The van der Waals surface area contributed by atoms with Gasteiger partial charge in [0.1, 0.15) is 0 Å². The topological polar surface area (TPSA) is 29.5 Å². The smallest absolute Gasteiger partial charge is 0.0709 e. The zero-order valence-corrected chi connectivity index (χ0v) is 8.05. The van der Waals surface area contributed by atoms with Crippen molar-refractivity contribution in [2.45, 2.75) is 30.6 Å². The highest BCUT2D eigenvalue weighted by molar-refractivity contribution is 8.00. The molecule has 3 unspecified atom stereocenters. The second-order valence-electron chi connectivity index (χ2n) is 3.67. The third kappa shape index (κ3) is 1.78. The molecule has 0 spiro atoms. The van der Waals surface area contributed by atoms with E-state index in [9.17, 15) is 5.11 Å². The monoisotopic (exact) mass is 188 g/mol. The highest BCUT2D eigenvalue weighted by Crippen LogP contribution is 2.33. The highest BCUT2D eigenvalue weighted by Gasteiger charge is 2.32. The van der Waals surface area contributed by atoms with Gasteiger partial charge in [-0.3, -0.25) is 0 Å². The molecule has 2 heterocycles. The second kappa shape index (κ2) is 3.99. The summed E-state index contributed by atoms with van der Waals surface area (Å²) in [6, 6.07) is 0. The van der Waals surface area contributed by atoms with Crippen molar-refractivity contribution in [3.8, 4) is 0 Å². The van der Waals surface area contributed by atoms with Crippen LogP contribution in [0.3, 0.4) is 0 Å². The van der Waals surface area contributed by atoms with Gasteiger partial charge in [-0.1, -0.05) is 0 Å². The third-order valence-electron chi connectivity index (χ3n) is 2.79. The Morgan fingerprint density at radius 3 is 2.92 bits per heavy atom. The van der Waals surface area contributed by atoms with Gasteiger partial charge in [-0.15, -0.1) is 0 Å². The Hall–Kier alpha value is 0.270. The van der Waals surface area contributed by atoms with Crippen LogP contribution in [-0.4, -0.2) is 35.4 Å². The van der Waals surface area contributed by atoms with E-state index in [1.54, 1.807) is 0 Å². The molecule has 0 aliphatic carbocycles. The first-order valence-corrected chi connectivity index (χ1v) is 5.80. The van der Waals surface area contributed by atoms with Gasteiger partial charge in [0.25, 0.3) is 0 Å². The zero-order chi connectivity index (χ0) is 8.39. The predicted molar refractivity (Wildman–Crippen MR) is 50.4 cm³/mol. The SMILES string of the molecule is OC(C1CCOC1)C1CCCS1. The summed E-state index contributed by atoms with van der Waals surface area (Å²) in [5.74, 6) is 1.65. The maximum Gasteiger partial charge on any atom is 0.0709 e. The van der Waals surface area contributed by atoms with E-state index in [2.05, 4.69) is 0 Å². The molecule has 0 radical (unpaired) electrons. The average Bonchev–Trinajstić information content (AvgIpc) is 2.77. The predicted octanol–water partition coefficient (Wildman–Crippen LogP) is 1.28. The number of hydrogen-bond acceptors (Lipinski definition) is 3. The van der Waals surface area contributed by atoms with Gasteiger partial charge in [0.15, 0.2) is 0 Å². The largest absolute Gasteiger partial charge is 0.392 e. The Kier molecular flexibility index (Phi) is 2.94. The van der Waals surface area contributed by atoms with Crippen LogP contribution < -0.4 is 0 Å². The lowest BCUT2D eigenvalue weighted by Crippen LogP contribution is -2.30. The molecule has 0 aromatic carbocycles. The summed E-state index contributed by atoms with van der Waals surface area (Å²) in [5, 5.41) is 10.4. The second-order valence-corrected chi connectivity index (χ2v) is 5.01. The Morgan fingerprint density at radius 2 is 2.33 bits per heavy atom. The normalized spacial score (nSPS) is 38.8. The molecule has 2 aliphatic rings. The highest BCUT2D eigenvalue weighted by atomic mass is 32.2. The number of rotatable bonds is 2. The van der Waals surface area contributed by atoms with Gasteiger partial charge in [-0.2, -0.15) is 11.8 Å². The summed E-state index contributed by atoms with van der Waals surface area (Å²) in [6.07, 6.45) is 3.42. The van der Waals surface area contributed by atoms with Crippen molar-refractivity contribution in [3.05, 3.63) is 0 Å². The molecule has 2 aliphatic heterocycles. The fourth-order valence-electron chi connectivity index (χ4n) is 2.00. The molecule has 0 saturated carbocycles. The summed E-state index contributed by atoms with van der Waals surface area (Å²) in [4.78, 5) is 0. The van der Waals surface area contributed by atoms with Crippen molar-refractivity contribution in [2.24, 2.45) is 5.92 Å². The average molecular weight is 188 g/mol. The van der Waals surface area contributed by atoms with Gasteiger partial charge < -0.3 is 9.84 Å². The van der Waals surface area contributed by atoms with Gasteiger partial charge in [0.2, 0.25) is 0 Å². The van der Waals surface area contributed by atoms with E-state index >= 15 is 0 Å². The van der Waals surface area contributed by atoms with E-state index in [4.69, 9.17) is 4.74 Å². The van der Waals surface area contributed by atoms with E-state index in [0.29, 0.717) is 11.2 Å². The van der Waals surface area contributed by atoms with Gasteiger partial charge in [0.05, 0.1) is 12.7 Å². The molecule has 2 saturated heterocycles. The van der Waals surface area contributed by atoms with E-state index in [-0.39, 0.29) is 6.10 Å². The summed E-state index contributed by atoms with van der Waals surface area (Å²) < 4.78 is 5.27. The summed E-state index contributed by atoms with van der Waals surface area (Å²) in [7, 11) is 0. The fourth-order valence-corrected chi connectivity index (χ4v) is 3.39. The van der Waals surface area contributed by atoms with Crippen molar-refractivity contribution in [1.29, 1.82) is 0 Å². The third-order valence-corrected chi connectivity index (χ3v) is 4.26. The summed E-state index contributed by atoms with van der Waals surface area (Å²) >= 11 is 1.93. The van der Waals surface area contributed by atoms with Crippen molar-refractivity contribution in [3.63, 3.8) is 0 Å². The molecular weight excluding hydrogens is 172 g/mol. The van der Waals surface area contributed by atoms with E-state index in [1.165, 1.54) is 18.6 Å². The molecule has 0 bridgehead atoms. The molecule has 0 amide bonds. The van der Waals surface area contributed by atoms with E-state index in [1.807, 2.05) is 11.8 Å². The summed E-state index contributed by atoms with van der Waals surface area (Å²) in [6.45, 7) is 1.62. The number of aliphatic hydroxyl groups is 1.